The van der Waals surface area contributed by atoms with Crippen LogP contribution in [0.5, 0.6) is 11.5 Å². The number of hydrogen-bond acceptors (Lipinski definition) is 5. The largest absolute Gasteiger partial charge is 0.454 e. The molecule has 1 aromatic carbocycles. The topological polar surface area (TPSA) is 62.8 Å². The third-order valence-electron chi connectivity index (χ3n) is 2.68. The Balaban J connectivity index is 1.76. The van der Waals surface area contributed by atoms with Gasteiger partial charge in [-0.05, 0) is 26.2 Å². The maximum atomic E-state index is 11.7. The number of amides is 1. The SMILES string of the molecule is CN(C)CCNCC(=O)Nc1ccc2c(c1)OCO2. The van der Waals surface area contributed by atoms with E-state index < -0.39 is 0 Å². The van der Waals surface area contributed by atoms with Gasteiger partial charge in [0.25, 0.3) is 0 Å². The molecule has 0 bridgehead atoms. The number of hydrogen-bond donors (Lipinski definition) is 2. The summed E-state index contributed by atoms with van der Waals surface area (Å²) in [5, 5.41) is 5.89. The zero-order valence-electron chi connectivity index (χ0n) is 11.2. The summed E-state index contributed by atoms with van der Waals surface area (Å²) >= 11 is 0. The Hall–Kier alpha value is -1.79. The van der Waals surface area contributed by atoms with Gasteiger partial charge in [0.1, 0.15) is 0 Å². The van der Waals surface area contributed by atoms with Crippen molar-refractivity contribution >= 4 is 11.6 Å². The van der Waals surface area contributed by atoms with Crippen molar-refractivity contribution in [3.05, 3.63) is 18.2 Å². The predicted molar refractivity (Wildman–Crippen MR) is 72.6 cm³/mol. The summed E-state index contributed by atoms with van der Waals surface area (Å²) in [6.45, 7) is 2.21. The van der Waals surface area contributed by atoms with E-state index in [1.807, 2.05) is 14.1 Å². The molecule has 0 saturated carbocycles. The van der Waals surface area contributed by atoms with Gasteiger partial charge in [-0.3, -0.25) is 4.79 Å². The second-order valence-corrected chi connectivity index (χ2v) is 4.60. The van der Waals surface area contributed by atoms with Crippen LogP contribution in [0.1, 0.15) is 0 Å². The first-order chi connectivity index (χ1) is 9.15. The molecule has 104 valence electrons. The average molecular weight is 265 g/mol. The van der Waals surface area contributed by atoms with Crippen LogP contribution in [-0.4, -0.2) is 51.3 Å². The van der Waals surface area contributed by atoms with Gasteiger partial charge in [-0.2, -0.15) is 0 Å². The number of anilines is 1. The minimum Gasteiger partial charge on any atom is -0.454 e. The maximum absolute atomic E-state index is 11.7. The molecule has 1 amide bonds. The fourth-order valence-electron chi connectivity index (χ4n) is 1.68. The summed E-state index contributed by atoms with van der Waals surface area (Å²) in [6.07, 6.45) is 0. The van der Waals surface area contributed by atoms with Crippen LogP contribution in [0.3, 0.4) is 0 Å². The van der Waals surface area contributed by atoms with Crippen LogP contribution in [-0.2, 0) is 4.79 Å². The molecule has 0 atom stereocenters. The van der Waals surface area contributed by atoms with Gasteiger partial charge in [0.05, 0.1) is 6.54 Å². The van der Waals surface area contributed by atoms with Gasteiger partial charge in [-0.15, -0.1) is 0 Å². The van der Waals surface area contributed by atoms with Crippen LogP contribution < -0.4 is 20.1 Å². The molecule has 0 aliphatic carbocycles. The van der Waals surface area contributed by atoms with Crippen molar-refractivity contribution in [1.29, 1.82) is 0 Å². The van der Waals surface area contributed by atoms with E-state index in [2.05, 4.69) is 15.5 Å². The first-order valence-corrected chi connectivity index (χ1v) is 6.20. The van der Waals surface area contributed by atoms with E-state index in [1.54, 1.807) is 18.2 Å². The number of fused-ring (bicyclic) bond motifs is 1. The van der Waals surface area contributed by atoms with Gasteiger partial charge < -0.3 is 25.0 Å². The lowest BCUT2D eigenvalue weighted by Gasteiger charge is -2.10. The molecule has 0 fully saturated rings. The second kappa shape index (κ2) is 6.40. The first-order valence-electron chi connectivity index (χ1n) is 6.20. The van der Waals surface area contributed by atoms with Crippen molar-refractivity contribution in [3.63, 3.8) is 0 Å². The van der Waals surface area contributed by atoms with Crippen LogP contribution >= 0.6 is 0 Å². The van der Waals surface area contributed by atoms with Crippen LogP contribution in [0.4, 0.5) is 5.69 Å². The Morgan fingerprint density at radius 3 is 2.89 bits per heavy atom. The van der Waals surface area contributed by atoms with Crippen molar-refractivity contribution in [2.75, 3.05) is 45.8 Å². The van der Waals surface area contributed by atoms with E-state index >= 15 is 0 Å². The van der Waals surface area contributed by atoms with Crippen LogP contribution in [0.15, 0.2) is 18.2 Å². The third-order valence-corrected chi connectivity index (χ3v) is 2.68. The molecule has 19 heavy (non-hydrogen) atoms. The minimum atomic E-state index is -0.0716. The van der Waals surface area contributed by atoms with E-state index in [1.165, 1.54) is 0 Å². The molecule has 0 spiro atoms. The van der Waals surface area contributed by atoms with E-state index in [-0.39, 0.29) is 12.7 Å². The van der Waals surface area contributed by atoms with Gasteiger partial charge in [-0.25, -0.2) is 0 Å². The Bertz CT molecular complexity index is 449. The highest BCUT2D eigenvalue weighted by Crippen LogP contribution is 2.34. The molecule has 0 saturated heterocycles. The Morgan fingerprint density at radius 1 is 1.32 bits per heavy atom. The molecular formula is C13H19N3O3. The molecule has 0 aromatic heterocycles. The molecule has 1 heterocycles. The standard InChI is InChI=1S/C13H19N3O3/c1-16(2)6-5-14-8-13(17)15-10-3-4-11-12(7-10)19-9-18-11/h3-4,7,14H,5-6,8-9H2,1-2H3,(H,15,17). The molecular weight excluding hydrogens is 246 g/mol. The zero-order chi connectivity index (χ0) is 13.7. The Labute approximate surface area is 112 Å². The smallest absolute Gasteiger partial charge is 0.238 e. The molecule has 1 aromatic rings. The van der Waals surface area contributed by atoms with Crippen LogP contribution in [0.2, 0.25) is 0 Å². The minimum absolute atomic E-state index is 0.0716. The van der Waals surface area contributed by atoms with Gasteiger partial charge >= 0.3 is 0 Å². The lowest BCUT2D eigenvalue weighted by molar-refractivity contribution is -0.115. The predicted octanol–water partition coefficient (Wildman–Crippen LogP) is 0.505. The summed E-state index contributed by atoms with van der Waals surface area (Å²) in [5.41, 5.74) is 0.712. The van der Waals surface area contributed by atoms with E-state index in [0.717, 1.165) is 13.1 Å². The third kappa shape index (κ3) is 4.11. The number of nitrogens with zero attached hydrogens (tertiary/aromatic N) is 1. The van der Waals surface area contributed by atoms with E-state index in [4.69, 9.17) is 9.47 Å². The molecule has 6 heteroatoms. The molecule has 1 aliphatic rings. The van der Waals surface area contributed by atoms with Gasteiger partial charge in [0.2, 0.25) is 12.7 Å². The number of likely N-dealkylation sites (N-methyl/N-ethyl adjacent to an activating group) is 1. The summed E-state index contributed by atoms with van der Waals surface area (Å²) in [5.74, 6) is 1.30. The molecule has 0 unspecified atom stereocenters. The highest BCUT2D eigenvalue weighted by atomic mass is 16.7. The Kier molecular flexibility index (Phi) is 4.59. The zero-order valence-corrected chi connectivity index (χ0v) is 11.2. The van der Waals surface area contributed by atoms with Gasteiger partial charge in [-0.1, -0.05) is 0 Å². The first kappa shape index (κ1) is 13.6. The number of carbonyl (C=O) groups is 1. The molecule has 2 N–H and O–H groups in total. The lowest BCUT2D eigenvalue weighted by Crippen LogP contribution is -2.33. The van der Waals surface area contributed by atoms with Crippen LogP contribution in [0, 0.1) is 0 Å². The normalized spacial score (nSPS) is 12.8. The molecule has 0 radical (unpaired) electrons. The number of benzene rings is 1. The monoisotopic (exact) mass is 265 g/mol. The maximum Gasteiger partial charge on any atom is 0.238 e. The van der Waals surface area contributed by atoms with Gasteiger partial charge in [0, 0.05) is 24.8 Å². The fraction of sp³-hybridized carbons (Fsp3) is 0.462. The molecule has 1 aliphatic heterocycles. The average Bonchev–Trinajstić information content (AvgIpc) is 2.82. The molecule has 6 nitrogen and oxygen atoms in total. The van der Waals surface area contributed by atoms with Crippen molar-refractivity contribution in [2.45, 2.75) is 0 Å². The highest BCUT2D eigenvalue weighted by Gasteiger charge is 2.13. The van der Waals surface area contributed by atoms with Crippen molar-refractivity contribution < 1.29 is 14.3 Å². The fourth-order valence-corrected chi connectivity index (χ4v) is 1.68. The molecule has 2 rings (SSSR count). The van der Waals surface area contributed by atoms with Crippen molar-refractivity contribution in [3.8, 4) is 11.5 Å². The summed E-state index contributed by atoms with van der Waals surface area (Å²) < 4.78 is 10.5. The summed E-state index contributed by atoms with van der Waals surface area (Å²) in [6, 6.07) is 5.35. The summed E-state index contributed by atoms with van der Waals surface area (Å²) in [7, 11) is 3.99. The van der Waals surface area contributed by atoms with Crippen molar-refractivity contribution in [1.82, 2.24) is 10.2 Å². The van der Waals surface area contributed by atoms with Crippen LogP contribution in [0.25, 0.3) is 0 Å². The Morgan fingerprint density at radius 2 is 2.11 bits per heavy atom. The number of nitrogens with one attached hydrogen (secondary N) is 2. The highest BCUT2D eigenvalue weighted by molar-refractivity contribution is 5.92. The number of rotatable bonds is 6. The quantitative estimate of drug-likeness (QED) is 0.734. The number of ether oxygens (including phenoxy) is 2. The number of carbonyl (C=O) groups excluding carboxylic acids is 1. The summed E-state index contributed by atoms with van der Waals surface area (Å²) in [4.78, 5) is 13.8. The van der Waals surface area contributed by atoms with E-state index in [9.17, 15) is 4.79 Å². The van der Waals surface area contributed by atoms with E-state index in [0.29, 0.717) is 23.7 Å². The van der Waals surface area contributed by atoms with Gasteiger partial charge in [0.15, 0.2) is 11.5 Å². The lowest BCUT2D eigenvalue weighted by atomic mass is 10.3. The second-order valence-electron chi connectivity index (χ2n) is 4.60. The van der Waals surface area contributed by atoms with Crippen molar-refractivity contribution in [2.24, 2.45) is 0 Å².